The first-order chi connectivity index (χ1) is 7.02. The zero-order chi connectivity index (χ0) is 10.9. The Morgan fingerprint density at radius 2 is 2.33 bits per heavy atom. The number of sulfonamides is 1. The number of hydrogen-bond acceptors (Lipinski definition) is 4. The predicted octanol–water partition coefficient (Wildman–Crippen LogP) is -0.553. The van der Waals surface area contributed by atoms with Crippen LogP contribution in [0, 0.1) is 0 Å². The highest BCUT2D eigenvalue weighted by molar-refractivity contribution is 7.90. The van der Waals surface area contributed by atoms with E-state index < -0.39 is 15.6 Å². The minimum absolute atomic E-state index is 0.282. The Morgan fingerprint density at radius 3 is 2.87 bits per heavy atom. The SMILES string of the molecule is CC1(NS(=O)(=O)C2CCNC2)CCOC1. The largest absolute Gasteiger partial charge is 0.379 e. The summed E-state index contributed by atoms with van der Waals surface area (Å²) in [4.78, 5) is 0. The topological polar surface area (TPSA) is 67.4 Å². The summed E-state index contributed by atoms with van der Waals surface area (Å²) in [6, 6.07) is 0. The van der Waals surface area contributed by atoms with Crippen LogP contribution in [0.25, 0.3) is 0 Å². The van der Waals surface area contributed by atoms with E-state index in [0.29, 0.717) is 26.2 Å². The van der Waals surface area contributed by atoms with E-state index in [9.17, 15) is 8.42 Å². The molecule has 0 aromatic rings. The molecule has 0 spiro atoms. The molecule has 0 aromatic carbocycles. The Morgan fingerprint density at radius 1 is 1.53 bits per heavy atom. The highest BCUT2D eigenvalue weighted by Crippen LogP contribution is 2.21. The Bertz CT molecular complexity index is 316. The first-order valence-corrected chi connectivity index (χ1v) is 6.88. The fourth-order valence-corrected chi connectivity index (χ4v) is 3.85. The highest BCUT2D eigenvalue weighted by atomic mass is 32.2. The zero-order valence-electron chi connectivity index (χ0n) is 8.95. The summed E-state index contributed by atoms with van der Waals surface area (Å²) < 4.78 is 32.0. The molecule has 2 rings (SSSR count). The van der Waals surface area contributed by atoms with Gasteiger partial charge in [0.15, 0.2) is 0 Å². The van der Waals surface area contributed by atoms with Crippen LogP contribution >= 0.6 is 0 Å². The quantitative estimate of drug-likeness (QED) is 0.687. The molecule has 0 amide bonds. The molecule has 2 N–H and O–H groups in total. The summed E-state index contributed by atoms with van der Waals surface area (Å²) in [5.41, 5.74) is -0.401. The van der Waals surface area contributed by atoms with Crippen molar-refractivity contribution in [3.05, 3.63) is 0 Å². The van der Waals surface area contributed by atoms with Gasteiger partial charge in [-0.2, -0.15) is 0 Å². The van der Waals surface area contributed by atoms with Crippen LogP contribution in [-0.2, 0) is 14.8 Å². The van der Waals surface area contributed by atoms with Gasteiger partial charge in [-0.05, 0) is 26.3 Å². The van der Waals surface area contributed by atoms with Gasteiger partial charge >= 0.3 is 0 Å². The molecule has 2 unspecified atom stereocenters. The maximum atomic E-state index is 12.0. The highest BCUT2D eigenvalue weighted by Gasteiger charge is 2.38. The molecule has 0 radical (unpaired) electrons. The summed E-state index contributed by atoms with van der Waals surface area (Å²) in [5, 5.41) is 2.78. The van der Waals surface area contributed by atoms with E-state index in [0.717, 1.165) is 13.0 Å². The lowest BCUT2D eigenvalue weighted by atomic mass is 10.0. The third kappa shape index (κ3) is 2.50. The van der Waals surface area contributed by atoms with Crippen LogP contribution in [0.4, 0.5) is 0 Å². The molecule has 2 saturated heterocycles. The number of hydrogen-bond donors (Lipinski definition) is 2. The Balaban J connectivity index is 2.03. The second kappa shape index (κ2) is 4.01. The predicted molar refractivity (Wildman–Crippen MR) is 57.2 cm³/mol. The molecule has 5 nitrogen and oxygen atoms in total. The third-order valence-electron chi connectivity index (χ3n) is 3.06. The van der Waals surface area contributed by atoms with Gasteiger partial charge in [0.2, 0.25) is 10.0 Å². The van der Waals surface area contributed by atoms with Gasteiger partial charge < -0.3 is 10.1 Å². The molecule has 0 bridgehead atoms. The average Bonchev–Trinajstić information content (AvgIpc) is 2.73. The molecular weight excluding hydrogens is 216 g/mol. The van der Waals surface area contributed by atoms with E-state index in [-0.39, 0.29) is 5.25 Å². The zero-order valence-corrected chi connectivity index (χ0v) is 9.77. The van der Waals surface area contributed by atoms with E-state index in [2.05, 4.69) is 10.0 Å². The molecule has 2 aliphatic heterocycles. The summed E-state index contributed by atoms with van der Waals surface area (Å²) in [6.07, 6.45) is 1.46. The van der Waals surface area contributed by atoms with Gasteiger partial charge in [0, 0.05) is 13.2 Å². The van der Waals surface area contributed by atoms with Crippen LogP contribution in [-0.4, -0.2) is 45.5 Å². The van der Waals surface area contributed by atoms with Gasteiger partial charge in [0.1, 0.15) is 0 Å². The summed E-state index contributed by atoms with van der Waals surface area (Å²) >= 11 is 0. The van der Waals surface area contributed by atoms with Crippen molar-refractivity contribution in [2.45, 2.75) is 30.6 Å². The maximum Gasteiger partial charge on any atom is 0.216 e. The van der Waals surface area contributed by atoms with Gasteiger partial charge in [0.05, 0.1) is 17.4 Å². The van der Waals surface area contributed by atoms with Crippen molar-refractivity contribution >= 4 is 10.0 Å². The Hall–Kier alpha value is -0.170. The van der Waals surface area contributed by atoms with Crippen molar-refractivity contribution in [3.8, 4) is 0 Å². The van der Waals surface area contributed by atoms with E-state index in [4.69, 9.17) is 4.74 Å². The number of rotatable bonds is 3. The van der Waals surface area contributed by atoms with Crippen LogP contribution in [0.15, 0.2) is 0 Å². The monoisotopic (exact) mass is 234 g/mol. The van der Waals surface area contributed by atoms with E-state index in [1.807, 2.05) is 6.92 Å². The van der Waals surface area contributed by atoms with Gasteiger partial charge in [-0.3, -0.25) is 0 Å². The Kier molecular flexibility index (Phi) is 3.03. The molecule has 2 atom stereocenters. The lowest BCUT2D eigenvalue weighted by Gasteiger charge is -2.25. The molecule has 6 heteroatoms. The van der Waals surface area contributed by atoms with Crippen LogP contribution in [0.5, 0.6) is 0 Å². The molecule has 0 saturated carbocycles. The smallest absolute Gasteiger partial charge is 0.216 e. The van der Waals surface area contributed by atoms with Crippen molar-refractivity contribution in [1.29, 1.82) is 0 Å². The summed E-state index contributed by atoms with van der Waals surface area (Å²) in [6.45, 7) is 4.37. The first kappa shape index (κ1) is 11.3. The lowest BCUT2D eigenvalue weighted by Crippen LogP contribution is -2.50. The molecule has 2 heterocycles. The summed E-state index contributed by atoms with van der Waals surface area (Å²) in [5.74, 6) is 0. The minimum Gasteiger partial charge on any atom is -0.379 e. The van der Waals surface area contributed by atoms with E-state index in [1.165, 1.54) is 0 Å². The van der Waals surface area contributed by atoms with Gasteiger partial charge in [-0.15, -0.1) is 0 Å². The van der Waals surface area contributed by atoms with Crippen LogP contribution in [0.3, 0.4) is 0 Å². The van der Waals surface area contributed by atoms with Crippen molar-refractivity contribution in [1.82, 2.24) is 10.0 Å². The van der Waals surface area contributed by atoms with E-state index >= 15 is 0 Å². The van der Waals surface area contributed by atoms with Crippen molar-refractivity contribution < 1.29 is 13.2 Å². The fraction of sp³-hybridized carbons (Fsp3) is 1.00. The van der Waals surface area contributed by atoms with Crippen molar-refractivity contribution in [2.24, 2.45) is 0 Å². The first-order valence-electron chi connectivity index (χ1n) is 5.33. The second-order valence-corrected chi connectivity index (χ2v) is 6.59. The van der Waals surface area contributed by atoms with Gasteiger partial charge in [0.25, 0.3) is 0 Å². The third-order valence-corrected chi connectivity index (χ3v) is 5.12. The fourth-order valence-electron chi connectivity index (χ4n) is 2.07. The second-order valence-electron chi connectivity index (χ2n) is 4.63. The summed E-state index contributed by atoms with van der Waals surface area (Å²) in [7, 11) is -3.19. The van der Waals surface area contributed by atoms with Crippen LogP contribution in [0.2, 0.25) is 0 Å². The van der Waals surface area contributed by atoms with Gasteiger partial charge in [-0.1, -0.05) is 0 Å². The van der Waals surface area contributed by atoms with Crippen molar-refractivity contribution in [2.75, 3.05) is 26.3 Å². The van der Waals surface area contributed by atoms with E-state index in [1.54, 1.807) is 0 Å². The molecule has 2 aliphatic rings. The minimum atomic E-state index is -3.19. The molecule has 88 valence electrons. The van der Waals surface area contributed by atoms with Crippen LogP contribution < -0.4 is 10.0 Å². The van der Waals surface area contributed by atoms with Crippen LogP contribution in [0.1, 0.15) is 19.8 Å². The Labute approximate surface area is 90.6 Å². The molecule has 2 fully saturated rings. The number of nitrogens with one attached hydrogen (secondary N) is 2. The number of ether oxygens (including phenoxy) is 1. The molecule has 0 aromatic heterocycles. The lowest BCUT2D eigenvalue weighted by molar-refractivity contribution is 0.178. The van der Waals surface area contributed by atoms with Gasteiger partial charge in [-0.25, -0.2) is 13.1 Å². The maximum absolute atomic E-state index is 12.0. The normalized spacial score (nSPS) is 37.3. The average molecular weight is 234 g/mol. The molecule has 15 heavy (non-hydrogen) atoms. The standard InChI is InChI=1S/C9H18N2O3S/c1-9(3-5-14-7-9)11-15(12,13)8-2-4-10-6-8/h8,10-11H,2-7H2,1H3. The molecule has 0 aliphatic carbocycles. The molecular formula is C9H18N2O3S. The van der Waals surface area contributed by atoms with Crippen molar-refractivity contribution in [3.63, 3.8) is 0 Å².